The van der Waals surface area contributed by atoms with Gasteiger partial charge >= 0.3 is 5.95 Å². The zero-order valence-electron chi connectivity index (χ0n) is 9.60. The first-order chi connectivity index (χ1) is 8.97. The Bertz CT molecular complexity index is 462. The van der Waals surface area contributed by atoms with Gasteiger partial charge in [0.1, 0.15) is 36.8 Å². The first-order valence-electron chi connectivity index (χ1n) is 5.45. The molecule has 2 heterocycles. The van der Waals surface area contributed by atoms with Crippen LogP contribution in [0.4, 0.5) is 5.95 Å². The topological polar surface area (TPSA) is 151 Å². The van der Waals surface area contributed by atoms with E-state index >= 15 is 0 Å². The van der Waals surface area contributed by atoms with E-state index in [-0.39, 0.29) is 0 Å². The van der Waals surface area contributed by atoms with Crippen molar-refractivity contribution in [3.05, 3.63) is 22.5 Å². The second-order valence-corrected chi connectivity index (χ2v) is 4.11. The van der Waals surface area contributed by atoms with Gasteiger partial charge in [-0.2, -0.15) is 4.57 Å². The van der Waals surface area contributed by atoms with Gasteiger partial charge in [0.05, 0.1) is 6.61 Å². The minimum Gasteiger partial charge on any atom is -0.394 e. The van der Waals surface area contributed by atoms with Crippen LogP contribution in [-0.2, 0) is 4.74 Å². The minimum atomic E-state index is -1.60. The third-order valence-corrected chi connectivity index (χ3v) is 2.95. The third-order valence-electron chi connectivity index (χ3n) is 2.95. The number of rotatable bonds is 3. The quantitative estimate of drug-likeness (QED) is 0.357. The van der Waals surface area contributed by atoms with Crippen LogP contribution in [0.25, 0.3) is 0 Å². The third kappa shape index (κ3) is 2.31. The number of nitro groups is 1. The van der Waals surface area contributed by atoms with Crippen LogP contribution in [0.2, 0.25) is 0 Å². The Balaban J connectivity index is 2.32. The fourth-order valence-electron chi connectivity index (χ4n) is 1.96. The average molecular weight is 275 g/mol. The summed E-state index contributed by atoms with van der Waals surface area (Å²) >= 11 is 0. The molecule has 0 amide bonds. The lowest BCUT2D eigenvalue weighted by molar-refractivity contribution is -0.400. The summed E-state index contributed by atoms with van der Waals surface area (Å²) in [5, 5.41) is 48.8. The maximum absolute atomic E-state index is 10.8. The molecule has 1 aliphatic rings. The molecule has 1 aromatic rings. The van der Waals surface area contributed by atoms with Crippen molar-refractivity contribution in [2.24, 2.45) is 0 Å². The van der Waals surface area contributed by atoms with E-state index < -0.39 is 48.1 Å². The van der Waals surface area contributed by atoms with Crippen LogP contribution in [0, 0.1) is 10.1 Å². The molecule has 19 heavy (non-hydrogen) atoms. The van der Waals surface area contributed by atoms with Crippen molar-refractivity contribution >= 4 is 5.95 Å². The number of hydrogen-bond acceptors (Lipinski definition) is 8. The molecule has 10 heteroatoms. The molecule has 4 N–H and O–H groups in total. The molecule has 0 aromatic carbocycles. The summed E-state index contributed by atoms with van der Waals surface area (Å²) in [6.07, 6.45) is -4.82. The highest BCUT2D eigenvalue weighted by Gasteiger charge is 2.46. The number of aromatic nitrogens is 2. The van der Waals surface area contributed by atoms with Gasteiger partial charge in [0.2, 0.25) is 6.23 Å². The monoisotopic (exact) mass is 275 g/mol. The first-order valence-corrected chi connectivity index (χ1v) is 5.45. The number of aliphatic hydroxyl groups is 4. The van der Waals surface area contributed by atoms with E-state index in [2.05, 4.69) is 4.98 Å². The molecule has 0 radical (unpaired) electrons. The van der Waals surface area contributed by atoms with Gasteiger partial charge in [0, 0.05) is 0 Å². The molecule has 5 atom stereocenters. The second kappa shape index (κ2) is 5.19. The van der Waals surface area contributed by atoms with E-state index in [0.717, 1.165) is 10.8 Å². The highest BCUT2D eigenvalue weighted by molar-refractivity contribution is 5.09. The first kappa shape index (κ1) is 13.8. The molecule has 106 valence electrons. The Kier molecular flexibility index (Phi) is 3.78. The molecular formula is C9H13N3O7. The second-order valence-electron chi connectivity index (χ2n) is 4.11. The van der Waals surface area contributed by atoms with Crippen LogP contribution in [0.3, 0.4) is 0 Å². The van der Waals surface area contributed by atoms with Gasteiger partial charge < -0.3 is 35.3 Å². The van der Waals surface area contributed by atoms with Crippen molar-refractivity contribution in [3.63, 3.8) is 0 Å². The summed E-state index contributed by atoms with van der Waals surface area (Å²) in [7, 11) is 0. The molecule has 0 aliphatic carbocycles. The molecule has 1 aliphatic heterocycles. The zero-order chi connectivity index (χ0) is 14.2. The molecular weight excluding hydrogens is 262 g/mol. The van der Waals surface area contributed by atoms with E-state index in [1.54, 1.807) is 0 Å². The highest BCUT2D eigenvalue weighted by atomic mass is 16.6. The van der Waals surface area contributed by atoms with E-state index in [0.29, 0.717) is 0 Å². The Morgan fingerprint density at radius 3 is 2.63 bits per heavy atom. The van der Waals surface area contributed by atoms with E-state index in [9.17, 15) is 25.4 Å². The van der Waals surface area contributed by atoms with Crippen LogP contribution in [-0.4, -0.2) is 65.9 Å². The molecule has 1 aromatic heterocycles. The van der Waals surface area contributed by atoms with Crippen molar-refractivity contribution < 1.29 is 30.1 Å². The van der Waals surface area contributed by atoms with E-state index in [1.807, 2.05) is 0 Å². The predicted molar refractivity (Wildman–Crippen MR) is 57.9 cm³/mol. The standard InChI is InChI=1S/C9H13N3O7/c13-3-4-5(14)6(15)7(16)8(19-4)11-2-1-10-9(11)12(17)18/h1-2,4-8,13-16H,3H2/t4?,5-,6?,7?,8+/m0/s1. The van der Waals surface area contributed by atoms with E-state index in [1.165, 1.54) is 6.20 Å². The zero-order valence-corrected chi connectivity index (χ0v) is 9.60. The van der Waals surface area contributed by atoms with Crippen LogP contribution < -0.4 is 0 Å². The molecule has 1 saturated heterocycles. The molecule has 0 bridgehead atoms. The Morgan fingerprint density at radius 2 is 2.05 bits per heavy atom. The number of aliphatic hydroxyl groups excluding tert-OH is 4. The van der Waals surface area contributed by atoms with Gasteiger partial charge in [-0.05, 0) is 4.92 Å². The highest BCUT2D eigenvalue weighted by Crippen LogP contribution is 2.30. The van der Waals surface area contributed by atoms with Crippen molar-refractivity contribution in [2.45, 2.75) is 30.6 Å². The smallest absolute Gasteiger partial charge is 0.394 e. The van der Waals surface area contributed by atoms with Gasteiger partial charge in [-0.3, -0.25) is 0 Å². The summed E-state index contributed by atoms with van der Waals surface area (Å²) in [5.41, 5.74) is 0. The average Bonchev–Trinajstić information content (AvgIpc) is 2.85. The molecule has 10 nitrogen and oxygen atoms in total. The van der Waals surface area contributed by atoms with Crippen LogP contribution >= 0.6 is 0 Å². The van der Waals surface area contributed by atoms with Gasteiger partial charge in [0.15, 0.2) is 0 Å². The normalized spacial score (nSPS) is 35.3. The maximum atomic E-state index is 10.8. The van der Waals surface area contributed by atoms with Crippen molar-refractivity contribution in [3.8, 4) is 0 Å². The van der Waals surface area contributed by atoms with E-state index in [4.69, 9.17) is 9.84 Å². The summed E-state index contributed by atoms with van der Waals surface area (Å²) in [4.78, 5) is 13.5. The van der Waals surface area contributed by atoms with Crippen LogP contribution in [0.5, 0.6) is 0 Å². The number of nitrogens with zero attached hydrogens (tertiary/aromatic N) is 3. The number of imidazole rings is 1. The van der Waals surface area contributed by atoms with Gasteiger partial charge in [-0.25, -0.2) is 0 Å². The van der Waals surface area contributed by atoms with Gasteiger partial charge in [-0.1, -0.05) is 4.98 Å². The Morgan fingerprint density at radius 1 is 1.37 bits per heavy atom. The van der Waals surface area contributed by atoms with Gasteiger partial charge in [0.25, 0.3) is 0 Å². The summed E-state index contributed by atoms with van der Waals surface area (Å²) in [6.45, 7) is -0.607. The summed E-state index contributed by atoms with van der Waals surface area (Å²) < 4.78 is 6.09. The number of ether oxygens (including phenoxy) is 1. The summed E-state index contributed by atoms with van der Waals surface area (Å²) in [5.74, 6) is -0.579. The fourth-order valence-corrected chi connectivity index (χ4v) is 1.96. The maximum Gasteiger partial charge on any atom is 0.436 e. The predicted octanol–water partition coefficient (Wildman–Crippen LogP) is -2.24. The molecule has 2 rings (SSSR count). The lowest BCUT2D eigenvalue weighted by Gasteiger charge is -2.38. The number of hydrogen-bond donors (Lipinski definition) is 4. The Hall–Kier alpha value is -1.59. The van der Waals surface area contributed by atoms with Gasteiger partial charge in [-0.15, -0.1) is 0 Å². The minimum absolute atomic E-state index is 0.579. The lowest BCUT2D eigenvalue weighted by atomic mass is 9.98. The van der Waals surface area contributed by atoms with Crippen molar-refractivity contribution in [2.75, 3.05) is 6.61 Å². The van der Waals surface area contributed by atoms with Crippen LogP contribution in [0.1, 0.15) is 6.23 Å². The molecule has 0 saturated carbocycles. The molecule has 0 spiro atoms. The SMILES string of the molecule is O=[N+]([O-])c1nccn1[C@@H]1OC(CO)[C@H](O)C(O)C1O. The summed E-state index contributed by atoms with van der Waals surface area (Å²) in [6, 6.07) is 0. The lowest BCUT2D eigenvalue weighted by Crippen LogP contribution is -2.56. The largest absolute Gasteiger partial charge is 0.436 e. The van der Waals surface area contributed by atoms with Crippen LogP contribution in [0.15, 0.2) is 12.4 Å². The molecule has 1 fully saturated rings. The molecule has 3 unspecified atom stereocenters. The van der Waals surface area contributed by atoms with Crippen molar-refractivity contribution in [1.82, 2.24) is 9.55 Å². The Labute approximate surface area is 106 Å². The fraction of sp³-hybridized carbons (Fsp3) is 0.667. The van der Waals surface area contributed by atoms with Crippen molar-refractivity contribution in [1.29, 1.82) is 0 Å².